The van der Waals surface area contributed by atoms with Crippen LogP contribution in [-0.4, -0.2) is 49.5 Å². The van der Waals surface area contributed by atoms with Gasteiger partial charge in [0.2, 0.25) is 0 Å². The van der Waals surface area contributed by atoms with Crippen molar-refractivity contribution in [2.75, 3.05) is 26.3 Å². The lowest BCUT2D eigenvalue weighted by Gasteiger charge is -2.27. The molecule has 6 heteroatoms. The quantitative estimate of drug-likeness (QED) is 0.222. The smallest absolute Gasteiger partial charge is 0.191 e. The van der Waals surface area contributed by atoms with E-state index >= 15 is 0 Å². The highest BCUT2D eigenvalue weighted by molar-refractivity contribution is 14.0. The molecular weight excluding hydrogens is 441 g/mol. The summed E-state index contributed by atoms with van der Waals surface area (Å²) in [6, 6.07) is 10.8. The Hall–Kier alpha value is -0.860. The molecule has 0 unspecified atom stereocenters. The molecule has 1 fully saturated rings. The molecule has 0 amide bonds. The summed E-state index contributed by atoms with van der Waals surface area (Å²) in [6.45, 7) is 5.20. The third-order valence-electron chi connectivity index (χ3n) is 4.48. The molecule has 0 radical (unpaired) electrons. The summed E-state index contributed by atoms with van der Waals surface area (Å²) in [5.74, 6) is 0.883. The van der Waals surface area contributed by atoms with E-state index in [-0.39, 0.29) is 30.1 Å². The molecule has 26 heavy (non-hydrogen) atoms. The molecule has 0 saturated heterocycles. The number of hydrogen-bond acceptors (Lipinski definition) is 3. The van der Waals surface area contributed by atoms with Crippen molar-refractivity contribution in [3.8, 4) is 0 Å². The first-order valence-electron chi connectivity index (χ1n) is 9.62. The standard InChI is InChI=1S/C20H33N3O2.HI/c1-2-21-20(23-18-9-11-19(24)12-10-18)22-14-6-15-25-16-13-17-7-4-3-5-8-17;/h3-5,7-8,18-19,24H,2,6,9-16H2,1H3,(H2,21,22,23);1H. The SMILES string of the molecule is CCNC(=NCCCOCCc1ccccc1)NC1CCC(O)CC1.I. The second kappa shape index (κ2) is 14.2. The minimum atomic E-state index is -0.120. The average molecular weight is 475 g/mol. The zero-order chi connectivity index (χ0) is 17.7. The Kier molecular flexibility index (Phi) is 12.7. The van der Waals surface area contributed by atoms with Gasteiger partial charge in [0.05, 0.1) is 12.7 Å². The zero-order valence-corrected chi connectivity index (χ0v) is 18.2. The van der Waals surface area contributed by atoms with Crippen molar-refractivity contribution < 1.29 is 9.84 Å². The van der Waals surface area contributed by atoms with E-state index in [1.54, 1.807) is 0 Å². The zero-order valence-electron chi connectivity index (χ0n) is 15.8. The molecular formula is C20H34IN3O2. The number of guanidine groups is 1. The van der Waals surface area contributed by atoms with Crippen LogP contribution in [-0.2, 0) is 11.2 Å². The van der Waals surface area contributed by atoms with Crippen LogP contribution in [0.5, 0.6) is 0 Å². The van der Waals surface area contributed by atoms with Crippen molar-refractivity contribution >= 4 is 29.9 Å². The van der Waals surface area contributed by atoms with E-state index in [0.29, 0.717) is 6.04 Å². The predicted molar refractivity (Wildman–Crippen MR) is 118 cm³/mol. The van der Waals surface area contributed by atoms with Gasteiger partial charge in [-0.3, -0.25) is 4.99 Å². The lowest BCUT2D eigenvalue weighted by atomic mass is 9.93. The normalized spacial score (nSPS) is 20.3. The Labute approximate surface area is 175 Å². The van der Waals surface area contributed by atoms with Crippen molar-refractivity contribution in [2.24, 2.45) is 4.99 Å². The number of aliphatic imine (C=N–C) groups is 1. The van der Waals surface area contributed by atoms with E-state index in [0.717, 1.165) is 70.8 Å². The molecule has 0 spiro atoms. The maximum Gasteiger partial charge on any atom is 0.191 e. The van der Waals surface area contributed by atoms with Gasteiger partial charge < -0.3 is 20.5 Å². The van der Waals surface area contributed by atoms with E-state index in [9.17, 15) is 5.11 Å². The number of hydrogen-bond donors (Lipinski definition) is 3. The largest absolute Gasteiger partial charge is 0.393 e. The van der Waals surface area contributed by atoms with E-state index in [1.165, 1.54) is 5.56 Å². The number of benzene rings is 1. The van der Waals surface area contributed by atoms with Crippen molar-refractivity contribution in [3.05, 3.63) is 35.9 Å². The predicted octanol–water partition coefficient (Wildman–Crippen LogP) is 3.11. The fraction of sp³-hybridized carbons (Fsp3) is 0.650. The van der Waals surface area contributed by atoms with Gasteiger partial charge in [0.1, 0.15) is 0 Å². The van der Waals surface area contributed by atoms with Gasteiger partial charge in [-0.15, -0.1) is 24.0 Å². The van der Waals surface area contributed by atoms with Gasteiger partial charge in [-0.1, -0.05) is 30.3 Å². The van der Waals surface area contributed by atoms with Gasteiger partial charge >= 0.3 is 0 Å². The van der Waals surface area contributed by atoms with E-state index in [2.05, 4.69) is 46.8 Å². The summed E-state index contributed by atoms with van der Waals surface area (Å²) in [7, 11) is 0. The molecule has 148 valence electrons. The molecule has 2 rings (SSSR count). The van der Waals surface area contributed by atoms with Gasteiger partial charge in [0.15, 0.2) is 5.96 Å². The van der Waals surface area contributed by atoms with Gasteiger partial charge in [0, 0.05) is 25.7 Å². The molecule has 3 N–H and O–H groups in total. The minimum Gasteiger partial charge on any atom is -0.393 e. The number of rotatable bonds is 9. The second-order valence-corrected chi connectivity index (χ2v) is 6.61. The van der Waals surface area contributed by atoms with Gasteiger partial charge in [-0.2, -0.15) is 0 Å². The molecule has 1 aromatic carbocycles. The van der Waals surface area contributed by atoms with Crippen molar-refractivity contribution in [1.29, 1.82) is 0 Å². The van der Waals surface area contributed by atoms with Crippen LogP contribution < -0.4 is 10.6 Å². The number of aliphatic hydroxyl groups is 1. The van der Waals surface area contributed by atoms with Crippen molar-refractivity contribution in [3.63, 3.8) is 0 Å². The molecule has 1 aromatic rings. The van der Waals surface area contributed by atoms with Gasteiger partial charge in [-0.25, -0.2) is 0 Å². The Morgan fingerprint density at radius 3 is 2.58 bits per heavy atom. The first kappa shape index (κ1) is 23.2. The van der Waals surface area contributed by atoms with Gasteiger partial charge in [-0.05, 0) is 51.0 Å². The fourth-order valence-electron chi connectivity index (χ4n) is 3.03. The summed E-state index contributed by atoms with van der Waals surface area (Å²) < 4.78 is 5.70. The molecule has 1 saturated carbocycles. The first-order valence-corrected chi connectivity index (χ1v) is 9.62. The number of nitrogens with one attached hydrogen (secondary N) is 2. The molecule has 0 aromatic heterocycles. The van der Waals surface area contributed by atoms with E-state index < -0.39 is 0 Å². The van der Waals surface area contributed by atoms with Crippen LogP contribution in [0.3, 0.4) is 0 Å². The van der Waals surface area contributed by atoms with Crippen molar-refractivity contribution in [1.82, 2.24) is 10.6 Å². The monoisotopic (exact) mass is 475 g/mol. The molecule has 1 aliphatic carbocycles. The average Bonchev–Trinajstić information content (AvgIpc) is 2.64. The van der Waals surface area contributed by atoms with Crippen molar-refractivity contribution in [2.45, 2.75) is 57.6 Å². The highest BCUT2D eigenvalue weighted by Gasteiger charge is 2.19. The highest BCUT2D eigenvalue weighted by Crippen LogP contribution is 2.18. The Morgan fingerprint density at radius 1 is 1.15 bits per heavy atom. The lowest BCUT2D eigenvalue weighted by molar-refractivity contribution is 0.120. The van der Waals surface area contributed by atoms with Crippen LogP contribution in [0.2, 0.25) is 0 Å². The number of nitrogens with zero attached hydrogens (tertiary/aromatic N) is 1. The summed E-state index contributed by atoms with van der Waals surface area (Å²) in [4.78, 5) is 4.63. The highest BCUT2D eigenvalue weighted by atomic mass is 127. The Bertz CT molecular complexity index is 491. The summed E-state index contributed by atoms with van der Waals surface area (Å²) in [5.41, 5.74) is 1.32. The minimum absolute atomic E-state index is 0. The van der Waals surface area contributed by atoms with Gasteiger partial charge in [0.25, 0.3) is 0 Å². The second-order valence-electron chi connectivity index (χ2n) is 6.61. The van der Waals surface area contributed by atoms with Crippen LogP contribution >= 0.6 is 24.0 Å². The van der Waals surface area contributed by atoms with E-state index in [1.807, 2.05) is 6.07 Å². The third-order valence-corrected chi connectivity index (χ3v) is 4.48. The Morgan fingerprint density at radius 2 is 1.88 bits per heavy atom. The maximum absolute atomic E-state index is 9.59. The van der Waals surface area contributed by atoms with Crippen LogP contribution in [0.4, 0.5) is 0 Å². The topological polar surface area (TPSA) is 65.9 Å². The number of halogens is 1. The molecule has 0 heterocycles. The van der Waals surface area contributed by atoms with Crippen LogP contribution in [0.1, 0.15) is 44.6 Å². The maximum atomic E-state index is 9.59. The molecule has 0 atom stereocenters. The third kappa shape index (κ3) is 9.73. The molecule has 0 bridgehead atoms. The Balaban J connectivity index is 0.00000338. The summed E-state index contributed by atoms with van der Waals surface area (Å²) in [5, 5.41) is 16.4. The molecule has 5 nitrogen and oxygen atoms in total. The summed E-state index contributed by atoms with van der Waals surface area (Å²) in [6.07, 6.45) is 5.54. The molecule has 1 aliphatic rings. The lowest BCUT2D eigenvalue weighted by Crippen LogP contribution is -2.45. The van der Waals surface area contributed by atoms with Crippen LogP contribution in [0, 0.1) is 0 Å². The summed E-state index contributed by atoms with van der Waals surface area (Å²) >= 11 is 0. The fourth-order valence-corrected chi connectivity index (χ4v) is 3.03. The van der Waals surface area contributed by atoms with Crippen LogP contribution in [0.25, 0.3) is 0 Å². The first-order chi connectivity index (χ1) is 12.3. The number of ether oxygens (including phenoxy) is 1. The van der Waals surface area contributed by atoms with Crippen LogP contribution in [0.15, 0.2) is 35.3 Å². The molecule has 0 aliphatic heterocycles. The van der Waals surface area contributed by atoms with E-state index in [4.69, 9.17) is 4.74 Å². The number of aliphatic hydroxyl groups excluding tert-OH is 1.